The number of nitrogens with one attached hydrogen (secondary N) is 1. The molecule has 1 amide bonds. The van der Waals surface area contributed by atoms with E-state index < -0.39 is 0 Å². The summed E-state index contributed by atoms with van der Waals surface area (Å²) in [4.78, 5) is 12.7. The Labute approximate surface area is 98.7 Å². The van der Waals surface area contributed by atoms with E-state index in [0.29, 0.717) is 0 Å². The minimum atomic E-state index is -0.00583. The van der Waals surface area contributed by atoms with Crippen molar-refractivity contribution in [2.75, 3.05) is 0 Å². The first-order valence-corrected chi connectivity index (χ1v) is 6.08. The Bertz CT molecular complexity index is 471. The molecule has 2 aromatic heterocycles. The van der Waals surface area contributed by atoms with Crippen molar-refractivity contribution >= 4 is 17.2 Å². The van der Waals surface area contributed by atoms with Crippen molar-refractivity contribution < 1.29 is 4.79 Å². The van der Waals surface area contributed by atoms with Crippen LogP contribution < -0.4 is 5.32 Å². The molecule has 0 unspecified atom stereocenters. The van der Waals surface area contributed by atoms with E-state index in [1.807, 2.05) is 54.4 Å². The molecule has 2 aromatic rings. The molecule has 0 saturated heterocycles. The number of aromatic nitrogens is 1. The summed E-state index contributed by atoms with van der Waals surface area (Å²) in [5.74, 6) is -0.00583. The van der Waals surface area contributed by atoms with E-state index in [-0.39, 0.29) is 11.9 Å². The number of carbonyl (C=O) groups excluding carboxylic acids is 1. The third-order valence-corrected chi connectivity index (χ3v) is 3.06. The Morgan fingerprint density at radius 3 is 2.69 bits per heavy atom. The van der Waals surface area contributed by atoms with Gasteiger partial charge in [-0.1, -0.05) is 0 Å². The molecule has 3 nitrogen and oxygen atoms in total. The average Bonchev–Trinajstić information content (AvgIpc) is 2.87. The predicted octanol–water partition coefficient (Wildman–Crippen LogP) is 2.68. The van der Waals surface area contributed by atoms with E-state index in [0.717, 1.165) is 10.6 Å². The van der Waals surface area contributed by atoms with E-state index in [9.17, 15) is 4.79 Å². The molecule has 0 aromatic carbocycles. The second-order valence-corrected chi connectivity index (χ2v) is 4.77. The Kier molecular flexibility index (Phi) is 3.10. The van der Waals surface area contributed by atoms with Crippen LogP contribution in [-0.4, -0.2) is 16.5 Å². The van der Waals surface area contributed by atoms with Gasteiger partial charge in [0, 0.05) is 18.4 Å². The quantitative estimate of drug-likeness (QED) is 0.870. The first kappa shape index (κ1) is 11.0. The third kappa shape index (κ3) is 2.17. The number of rotatable bonds is 3. The van der Waals surface area contributed by atoms with Crippen LogP contribution in [0, 0.1) is 0 Å². The molecule has 0 aliphatic rings. The fourth-order valence-electron chi connectivity index (χ4n) is 1.50. The molecule has 16 heavy (non-hydrogen) atoms. The van der Waals surface area contributed by atoms with Crippen LogP contribution in [0.3, 0.4) is 0 Å². The number of amides is 1. The van der Waals surface area contributed by atoms with Gasteiger partial charge in [-0.3, -0.25) is 4.79 Å². The largest absolute Gasteiger partial charge is 0.349 e. The zero-order valence-electron chi connectivity index (χ0n) is 9.31. The van der Waals surface area contributed by atoms with E-state index in [2.05, 4.69) is 5.32 Å². The van der Waals surface area contributed by atoms with Crippen LogP contribution in [0.4, 0.5) is 0 Å². The lowest BCUT2D eigenvalue weighted by molar-refractivity contribution is 0.0947. The minimum Gasteiger partial charge on any atom is -0.349 e. The smallest absolute Gasteiger partial charge is 0.263 e. The molecule has 84 valence electrons. The lowest BCUT2D eigenvalue weighted by Gasteiger charge is -2.09. The maximum atomic E-state index is 11.9. The fraction of sp³-hybridized carbons (Fsp3) is 0.250. The summed E-state index contributed by atoms with van der Waals surface area (Å²) in [7, 11) is 0. The highest BCUT2D eigenvalue weighted by Gasteiger charge is 2.14. The van der Waals surface area contributed by atoms with Crippen molar-refractivity contribution in [3.05, 3.63) is 40.8 Å². The van der Waals surface area contributed by atoms with E-state index in [1.165, 1.54) is 11.3 Å². The van der Waals surface area contributed by atoms with Crippen LogP contribution in [0.2, 0.25) is 0 Å². The van der Waals surface area contributed by atoms with Crippen LogP contribution in [0.5, 0.6) is 0 Å². The number of nitrogens with zero attached hydrogens (tertiary/aromatic N) is 1. The van der Waals surface area contributed by atoms with Gasteiger partial charge < -0.3 is 9.88 Å². The highest BCUT2D eigenvalue weighted by molar-refractivity contribution is 7.12. The zero-order chi connectivity index (χ0) is 11.5. The molecule has 0 atom stereocenters. The van der Waals surface area contributed by atoms with Crippen molar-refractivity contribution in [3.8, 4) is 5.69 Å². The summed E-state index contributed by atoms with van der Waals surface area (Å²) in [6.45, 7) is 3.92. The lowest BCUT2D eigenvalue weighted by atomic mass is 10.3. The minimum absolute atomic E-state index is 0.00583. The zero-order valence-corrected chi connectivity index (χ0v) is 10.1. The van der Waals surface area contributed by atoms with Gasteiger partial charge in [-0.15, -0.1) is 11.3 Å². The van der Waals surface area contributed by atoms with Crippen molar-refractivity contribution in [3.63, 3.8) is 0 Å². The standard InChI is InChI=1S/C12H14N2OS/c1-9(2)13-12(15)11-10(5-8-16-11)14-6-3-4-7-14/h3-9H,1-2H3,(H,13,15). The molecular formula is C12H14N2OS. The lowest BCUT2D eigenvalue weighted by Crippen LogP contribution is -2.30. The molecule has 2 rings (SSSR count). The second-order valence-electron chi connectivity index (χ2n) is 3.85. The van der Waals surface area contributed by atoms with Gasteiger partial charge >= 0.3 is 0 Å². The maximum absolute atomic E-state index is 11.9. The summed E-state index contributed by atoms with van der Waals surface area (Å²) in [5.41, 5.74) is 0.938. The van der Waals surface area contributed by atoms with Gasteiger partial charge in [0.25, 0.3) is 5.91 Å². The Morgan fingerprint density at radius 2 is 2.06 bits per heavy atom. The molecule has 4 heteroatoms. The molecule has 0 saturated carbocycles. The second kappa shape index (κ2) is 4.53. The Hall–Kier alpha value is -1.55. The van der Waals surface area contributed by atoms with E-state index in [4.69, 9.17) is 0 Å². The highest BCUT2D eigenvalue weighted by Crippen LogP contribution is 2.21. The molecule has 0 aliphatic carbocycles. The van der Waals surface area contributed by atoms with Gasteiger partial charge in [0.05, 0.1) is 5.69 Å². The molecule has 0 spiro atoms. The van der Waals surface area contributed by atoms with Crippen LogP contribution in [0.15, 0.2) is 36.0 Å². The molecule has 2 heterocycles. The summed E-state index contributed by atoms with van der Waals surface area (Å²) in [5, 5.41) is 4.84. The molecule has 0 bridgehead atoms. The SMILES string of the molecule is CC(C)NC(=O)c1sccc1-n1cccc1. The topological polar surface area (TPSA) is 34.0 Å². The van der Waals surface area contributed by atoms with Crippen LogP contribution >= 0.6 is 11.3 Å². The monoisotopic (exact) mass is 234 g/mol. The molecule has 0 aliphatic heterocycles. The van der Waals surface area contributed by atoms with Gasteiger partial charge in [0.1, 0.15) is 4.88 Å². The van der Waals surface area contributed by atoms with Crippen molar-refractivity contribution in [2.24, 2.45) is 0 Å². The van der Waals surface area contributed by atoms with Gasteiger partial charge in [-0.25, -0.2) is 0 Å². The van der Waals surface area contributed by atoms with Crippen molar-refractivity contribution in [1.82, 2.24) is 9.88 Å². The molecule has 1 N–H and O–H groups in total. The summed E-state index contributed by atoms with van der Waals surface area (Å²) in [6.07, 6.45) is 3.88. The van der Waals surface area contributed by atoms with E-state index in [1.54, 1.807) is 0 Å². The van der Waals surface area contributed by atoms with Gasteiger partial charge in [0.15, 0.2) is 0 Å². The van der Waals surface area contributed by atoms with Crippen LogP contribution in [-0.2, 0) is 0 Å². The fourth-order valence-corrected chi connectivity index (χ4v) is 2.29. The maximum Gasteiger partial charge on any atom is 0.263 e. The molecular weight excluding hydrogens is 220 g/mol. The Morgan fingerprint density at radius 1 is 1.38 bits per heavy atom. The first-order chi connectivity index (χ1) is 7.68. The third-order valence-electron chi connectivity index (χ3n) is 2.15. The molecule has 0 fully saturated rings. The van der Waals surface area contributed by atoms with Gasteiger partial charge in [-0.05, 0) is 37.4 Å². The Balaban J connectivity index is 2.29. The number of hydrogen-bond acceptors (Lipinski definition) is 2. The average molecular weight is 234 g/mol. The van der Waals surface area contributed by atoms with Crippen molar-refractivity contribution in [1.29, 1.82) is 0 Å². The number of thiophene rings is 1. The number of hydrogen-bond donors (Lipinski definition) is 1. The summed E-state index contributed by atoms with van der Waals surface area (Å²) < 4.78 is 1.95. The highest BCUT2D eigenvalue weighted by atomic mass is 32.1. The summed E-state index contributed by atoms with van der Waals surface area (Å²) in [6, 6.07) is 6.01. The van der Waals surface area contributed by atoms with E-state index >= 15 is 0 Å². The number of carbonyl (C=O) groups is 1. The van der Waals surface area contributed by atoms with Crippen LogP contribution in [0.1, 0.15) is 23.5 Å². The van der Waals surface area contributed by atoms with Crippen molar-refractivity contribution in [2.45, 2.75) is 19.9 Å². The summed E-state index contributed by atoms with van der Waals surface area (Å²) >= 11 is 1.46. The molecule has 0 radical (unpaired) electrons. The van der Waals surface area contributed by atoms with Crippen LogP contribution in [0.25, 0.3) is 5.69 Å². The van der Waals surface area contributed by atoms with Gasteiger partial charge in [-0.2, -0.15) is 0 Å². The first-order valence-electron chi connectivity index (χ1n) is 5.20. The normalized spacial score (nSPS) is 10.7. The van der Waals surface area contributed by atoms with Gasteiger partial charge in [0.2, 0.25) is 0 Å². The predicted molar refractivity (Wildman–Crippen MR) is 66.2 cm³/mol.